The SMILES string of the molecule is CC(NC(=O)C1(c2ccc(F)cc2)CCOCC1)c1ccc(Cl)cc1Cl. The molecule has 0 spiro atoms. The lowest BCUT2D eigenvalue weighted by molar-refractivity contribution is -0.131. The molecule has 0 aromatic heterocycles. The van der Waals surface area contributed by atoms with Crippen LogP contribution in [0.15, 0.2) is 42.5 Å². The largest absolute Gasteiger partial charge is 0.381 e. The van der Waals surface area contributed by atoms with Gasteiger partial charge in [-0.3, -0.25) is 4.79 Å². The van der Waals surface area contributed by atoms with E-state index in [1.54, 1.807) is 24.3 Å². The Morgan fingerprint density at radius 3 is 2.42 bits per heavy atom. The smallest absolute Gasteiger partial charge is 0.231 e. The highest BCUT2D eigenvalue weighted by Gasteiger charge is 2.42. The van der Waals surface area contributed by atoms with E-state index in [4.69, 9.17) is 27.9 Å². The van der Waals surface area contributed by atoms with E-state index >= 15 is 0 Å². The number of nitrogens with one attached hydrogen (secondary N) is 1. The number of hydrogen-bond acceptors (Lipinski definition) is 2. The lowest BCUT2D eigenvalue weighted by Crippen LogP contribution is -2.48. The minimum atomic E-state index is -0.737. The van der Waals surface area contributed by atoms with E-state index in [0.717, 1.165) is 11.1 Å². The highest BCUT2D eigenvalue weighted by Crippen LogP contribution is 2.36. The van der Waals surface area contributed by atoms with E-state index in [1.165, 1.54) is 12.1 Å². The molecule has 1 heterocycles. The predicted octanol–water partition coefficient (Wildman–Crippen LogP) is 5.06. The van der Waals surface area contributed by atoms with Gasteiger partial charge in [0, 0.05) is 23.3 Å². The van der Waals surface area contributed by atoms with Crippen molar-refractivity contribution in [2.24, 2.45) is 0 Å². The van der Waals surface area contributed by atoms with E-state index in [2.05, 4.69) is 5.32 Å². The van der Waals surface area contributed by atoms with Crippen molar-refractivity contribution >= 4 is 29.1 Å². The first-order chi connectivity index (χ1) is 12.4. The maximum Gasteiger partial charge on any atom is 0.231 e. The lowest BCUT2D eigenvalue weighted by Gasteiger charge is -2.37. The van der Waals surface area contributed by atoms with Crippen molar-refractivity contribution in [3.8, 4) is 0 Å². The van der Waals surface area contributed by atoms with Crippen molar-refractivity contribution < 1.29 is 13.9 Å². The monoisotopic (exact) mass is 395 g/mol. The van der Waals surface area contributed by atoms with Crippen molar-refractivity contribution in [2.45, 2.75) is 31.2 Å². The standard InChI is InChI=1S/C20H20Cl2FNO2/c1-13(17-7-4-15(21)12-18(17)22)24-19(25)20(8-10-26-11-9-20)14-2-5-16(23)6-3-14/h2-7,12-13H,8-11H2,1H3,(H,24,25). The Morgan fingerprint density at radius 2 is 1.81 bits per heavy atom. The number of rotatable bonds is 4. The molecule has 1 amide bonds. The number of carbonyl (C=O) groups excluding carboxylic acids is 1. The van der Waals surface area contributed by atoms with Crippen LogP contribution in [0.3, 0.4) is 0 Å². The third-order valence-corrected chi connectivity index (χ3v) is 5.52. The summed E-state index contributed by atoms with van der Waals surface area (Å²) in [4.78, 5) is 13.2. The molecule has 3 nitrogen and oxygen atoms in total. The Labute approximate surface area is 162 Å². The van der Waals surface area contributed by atoms with Gasteiger partial charge in [0.15, 0.2) is 0 Å². The zero-order valence-electron chi connectivity index (χ0n) is 14.4. The van der Waals surface area contributed by atoms with E-state index < -0.39 is 5.41 Å². The molecule has 1 aliphatic rings. The van der Waals surface area contributed by atoms with Crippen LogP contribution in [0.4, 0.5) is 4.39 Å². The minimum absolute atomic E-state index is 0.106. The van der Waals surface area contributed by atoms with Crippen molar-refractivity contribution in [1.29, 1.82) is 0 Å². The molecule has 2 aromatic carbocycles. The predicted molar refractivity (Wildman–Crippen MR) is 101 cm³/mol. The average molecular weight is 396 g/mol. The minimum Gasteiger partial charge on any atom is -0.381 e. The Morgan fingerprint density at radius 1 is 1.15 bits per heavy atom. The molecule has 0 bridgehead atoms. The number of hydrogen-bond donors (Lipinski definition) is 1. The molecule has 1 atom stereocenters. The van der Waals surface area contributed by atoms with Crippen LogP contribution in [0, 0.1) is 5.82 Å². The van der Waals surface area contributed by atoms with Crippen LogP contribution >= 0.6 is 23.2 Å². The Hall–Kier alpha value is -1.62. The summed E-state index contributed by atoms with van der Waals surface area (Å²) in [5.41, 5.74) is 0.860. The molecule has 2 aromatic rings. The number of amides is 1. The quantitative estimate of drug-likeness (QED) is 0.785. The van der Waals surface area contributed by atoms with E-state index in [-0.39, 0.29) is 17.8 Å². The fraction of sp³-hybridized carbons (Fsp3) is 0.350. The average Bonchev–Trinajstić information content (AvgIpc) is 2.62. The summed E-state index contributed by atoms with van der Waals surface area (Å²) in [7, 11) is 0. The molecule has 138 valence electrons. The molecule has 1 unspecified atom stereocenters. The third-order valence-electron chi connectivity index (χ3n) is 4.95. The van der Waals surface area contributed by atoms with Crippen LogP contribution in [-0.2, 0) is 14.9 Å². The summed E-state index contributed by atoms with van der Waals surface area (Å²) in [6, 6.07) is 11.1. The van der Waals surface area contributed by atoms with Crippen LogP contribution in [0.25, 0.3) is 0 Å². The van der Waals surface area contributed by atoms with Crippen molar-refractivity contribution in [2.75, 3.05) is 13.2 Å². The molecule has 0 aliphatic carbocycles. The Kier molecular flexibility index (Phi) is 5.86. The highest BCUT2D eigenvalue weighted by molar-refractivity contribution is 6.35. The zero-order valence-corrected chi connectivity index (χ0v) is 15.9. The number of carbonyl (C=O) groups is 1. The van der Waals surface area contributed by atoms with Gasteiger partial charge in [-0.05, 0) is 55.2 Å². The van der Waals surface area contributed by atoms with Gasteiger partial charge in [-0.2, -0.15) is 0 Å². The van der Waals surface area contributed by atoms with Gasteiger partial charge in [0.1, 0.15) is 5.82 Å². The van der Waals surface area contributed by atoms with E-state index in [1.807, 2.05) is 13.0 Å². The van der Waals surface area contributed by atoms with Gasteiger partial charge in [0.2, 0.25) is 5.91 Å². The number of ether oxygens (including phenoxy) is 1. The normalized spacial score (nSPS) is 17.5. The number of benzene rings is 2. The summed E-state index contributed by atoms with van der Waals surface area (Å²) in [6.45, 7) is 2.85. The molecular formula is C20H20Cl2FNO2. The second kappa shape index (κ2) is 7.95. The first kappa shape index (κ1) is 19.2. The van der Waals surface area contributed by atoms with Gasteiger partial charge < -0.3 is 10.1 Å². The topological polar surface area (TPSA) is 38.3 Å². The molecular weight excluding hydrogens is 376 g/mol. The second-order valence-corrected chi connectivity index (χ2v) is 7.41. The molecule has 6 heteroatoms. The summed E-state index contributed by atoms with van der Waals surface area (Å²) >= 11 is 12.2. The lowest BCUT2D eigenvalue weighted by atomic mass is 9.73. The maximum atomic E-state index is 13.3. The van der Waals surface area contributed by atoms with Gasteiger partial charge in [-0.1, -0.05) is 41.4 Å². The summed E-state index contributed by atoms with van der Waals surface area (Å²) in [5.74, 6) is -0.427. The molecule has 0 radical (unpaired) electrons. The fourth-order valence-electron chi connectivity index (χ4n) is 3.40. The van der Waals surface area contributed by atoms with Crippen LogP contribution in [-0.4, -0.2) is 19.1 Å². The number of halogens is 3. The first-order valence-corrected chi connectivity index (χ1v) is 9.28. The molecule has 1 saturated heterocycles. The Balaban J connectivity index is 1.87. The zero-order chi connectivity index (χ0) is 18.7. The van der Waals surface area contributed by atoms with Crippen molar-refractivity contribution in [1.82, 2.24) is 5.32 Å². The molecule has 3 rings (SSSR count). The molecule has 0 saturated carbocycles. The maximum absolute atomic E-state index is 13.3. The molecule has 26 heavy (non-hydrogen) atoms. The summed E-state index contributed by atoms with van der Waals surface area (Å²) in [5, 5.41) is 4.12. The van der Waals surface area contributed by atoms with Gasteiger partial charge in [-0.25, -0.2) is 4.39 Å². The second-order valence-electron chi connectivity index (χ2n) is 6.56. The highest BCUT2D eigenvalue weighted by atomic mass is 35.5. The summed E-state index contributed by atoms with van der Waals surface area (Å²) < 4.78 is 18.8. The molecule has 1 aliphatic heterocycles. The fourth-order valence-corrected chi connectivity index (χ4v) is 3.97. The van der Waals surface area contributed by atoms with Gasteiger partial charge >= 0.3 is 0 Å². The van der Waals surface area contributed by atoms with Crippen molar-refractivity contribution in [3.63, 3.8) is 0 Å². The van der Waals surface area contributed by atoms with Gasteiger partial charge in [0.25, 0.3) is 0 Å². The summed E-state index contributed by atoms with van der Waals surface area (Å²) in [6.07, 6.45) is 1.09. The van der Waals surface area contributed by atoms with Crippen molar-refractivity contribution in [3.05, 3.63) is 69.5 Å². The van der Waals surface area contributed by atoms with Crippen LogP contribution < -0.4 is 5.32 Å². The van der Waals surface area contributed by atoms with Crippen LogP contribution in [0.1, 0.15) is 36.9 Å². The van der Waals surface area contributed by atoms with Gasteiger partial charge in [-0.15, -0.1) is 0 Å². The first-order valence-electron chi connectivity index (χ1n) is 8.52. The van der Waals surface area contributed by atoms with E-state index in [9.17, 15) is 9.18 Å². The Bertz CT molecular complexity index is 789. The molecule has 1 N–H and O–H groups in total. The van der Waals surface area contributed by atoms with Crippen LogP contribution in [0.2, 0.25) is 10.0 Å². The van der Waals surface area contributed by atoms with Gasteiger partial charge in [0.05, 0.1) is 11.5 Å². The van der Waals surface area contributed by atoms with E-state index in [0.29, 0.717) is 36.1 Å². The molecule has 1 fully saturated rings. The third kappa shape index (κ3) is 3.88. The van der Waals surface area contributed by atoms with Crippen LogP contribution in [0.5, 0.6) is 0 Å².